The van der Waals surface area contributed by atoms with Gasteiger partial charge in [0.2, 0.25) is 6.79 Å². The van der Waals surface area contributed by atoms with E-state index >= 15 is 0 Å². The molecule has 0 amide bonds. The third kappa shape index (κ3) is 2.25. The lowest BCUT2D eigenvalue weighted by atomic mass is 10.1. The van der Waals surface area contributed by atoms with Crippen LogP contribution in [-0.2, 0) is 6.54 Å². The molecule has 22 heavy (non-hydrogen) atoms. The van der Waals surface area contributed by atoms with Crippen LogP contribution in [-0.4, -0.2) is 11.4 Å². The highest BCUT2D eigenvalue weighted by Gasteiger charge is 2.14. The van der Waals surface area contributed by atoms with E-state index in [1.54, 1.807) is 0 Å². The molecular weight excluding hydrogens is 274 g/mol. The van der Waals surface area contributed by atoms with Crippen molar-refractivity contribution in [1.82, 2.24) is 4.57 Å². The summed E-state index contributed by atoms with van der Waals surface area (Å²) in [7, 11) is 0. The van der Waals surface area contributed by atoms with Gasteiger partial charge in [0.25, 0.3) is 0 Å². The summed E-state index contributed by atoms with van der Waals surface area (Å²) in [6.45, 7) is 3.27. The number of benzene rings is 2. The van der Waals surface area contributed by atoms with Gasteiger partial charge in [-0.25, -0.2) is 0 Å². The van der Waals surface area contributed by atoms with Gasteiger partial charge in [-0.1, -0.05) is 36.4 Å². The summed E-state index contributed by atoms with van der Waals surface area (Å²) in [6, 6.07) is 21.0. The SMILES string of the molecule is Cc1ccc(-c2ccccc2)n1Cc1ccc2c(c1)OCO2. The van der Waals surface area contributed by atoms with E-state index in [1.807, 2.05) is 12.1 Å². The third-order valence-corrected chi connectivity index (χ3v) is 4.05. The Hall–Kier alpha value is -2.68. The van der Waals surface area contributed by atoms with Gasteiger partial charge in [-0.3, -0.25) is 0 Å². The van der Waals surface area contributed by atoms with E-state index in [-0.39, 0.29) is 0 Å². The fourth-order valence-electron chi connectivity index (χ4n) is 2.86. The van der Waals surface area contributed by atoms with Crippen molar-refractivity contribution in [3.63, 3.8) is 0 Å². The quantitative estimate of drug-likeness (QED) is 0.720. The molecule has 1 aromatic heterocycles. The number of aromatic nitrogens is 1. The highest BCUT2D eigenvalue weighted by atomic mass is 16.7. The number of rotatable bonds is 3. The van der Waals surface area contributed by atoms with E-state index in [0.29, 0.717) is 6.79 Å². The van der Waals surface area contributed by atoms with Crippen LogP contribution >= 0.6 is 0 Å². The first-order chi connectivity index (χ1) is 10.8. The monoisotopic (exact) mass is 291 g/mol. The Balaban J connectivity index is 1.70. The standard InChI is InChI=1S/C19H17NO2/c1-14-7-9-17(16-5-3-2-4-6-16)20(14)12-15-8-10-18-19(11-15)22-13-21-18/h2-11H,12-13H2,1H3. The smallest absolute Gasteiger partial charge is 0.231 e. The predicted octanol–water partition coefficient (Wildman–Crippen LogP) is 4.24. The second-order valence-electron chi connectivity index (χ2n) is 5.50. The van der Waals surface area contributed by atoms with Crippen LogP contribution in [0.25, 0.3) is 11.3 Å². The average Bonchev–Trinajstić information content (AvgIpc) is 3.15. The fraction of sp³-hybridized carbons (Fsp3) is 0.158. The molecule has 0 bridgehead atoms. The van der Waals surface area contributed by atoms with E-state index in [9.17, 15) is 0 Å². The van der Waals surface area contributed by atoms with E-state index in [4.69, 9.17) is 9.47 Å². The van der Waals surface area contributed by atoms with Gasteiger partial charge in [0, 0.05) is 17.9 Å². The van der Waals surface area contributed by atoms with Crippen LogP contribution in [0.2, 0.25) is 0 Å². The van der Waals surface area contributed by atoms with Crippen LogP contribution in [0.1, 0.15) is 11.3 Å². The average molecular weight is 291 g/mol. The lowest BCUT2D eigenvalue weighted by Gasteiger charge is -2.12. The van der Waals surface area contributed by atoms with Crippen LogP contribution < -0.4 is 9.47 Å². The highest BCUT2D eigenvalue weighted by molar-refractivity contribution is 5.61. The van der Waals surface area contributed by atoms with Gasteiger partial charge < -0.3 is 14.0 Å². The number of hydrogen-bond acceptors (Lipinski definition) is 2. The van der Waals surface area contributed by atoms with Gasteiger partial charge in [-0.05, 0) is 42.3 Å². The zero-order chi connectivity index (χ0) is 14.9. The first kappa shape index (κ1) is 13.0. The Morgan fingerprint density at radius 1 is 0.909 bits per heavy atom. The van der Waals surface area contributed by atoms with Crippen molar-refractivity contribution >= 4 is 0 Å². The maximum absolute atomic E-state index is 5.47. The zero-order valence-corrected chi connectivity index (χ0v) is 12.5. The number of nitrogens with zero attached hydrogens (tertiary/aromatic N) is 1. The molecule has 1 aliphatic rings. The van der Waals surface area contributed by atoms with Crippen molar-refractivity contribution in [1.29, 1.82) is 0 Å². The minimum atomic E-state index is 0.316. The summed E-state index contributed by atoms with van der Waals surface area (Å²) in [6.07, 6.45) is 0. The van der Waals surface area contributed by atoms with E-state index < -0.39 is 0 Å². The number of fused-ring (bicyclic) bond motifs is 1. The minimum Gasteiger partial charge on any atom is -0.454 e. The largest absolute Gasteiger partial charge is 0.454 e. The zero-order valence-electron chi connectivity index (χ0n) is 12.5. The lowest BCUT2D eigenvalue weighted by molar-refractivity contribution is 0.174. The molecule has 1 aliphatic heterocycles. The number of aryl methyl sites for hydroxylation is 1. The molecule has 0 fully saturated rings. The van der Waals surface area contributed by atoms with Crippen molar-refractivity contribution in [3.05, 3.63) is 71.9 Å². The molecule has 0 saturated heterocycles. The third-order valence-electron chi connectivity index (χ3n) is 4.05. The Kier molecular flexibility index (Phi) is 3.11. The topological polar surface area (TPSA) is 23.4 Å². The Morgan fingerprint density at radius 3 is 2.59 bits per heavy atom. The molecule has 3 heteroatoms. The maximum Gasteiger partial charge on any atom is 0.231 e. The highest BCUT2D eigenvalue weighted by Crippen LogP contribution is 2.33. The van der Waals surface area contributed by atoms with Crippen molar-refractivity contribution in [2.24, 2.45) is 0 Å². The van der Waals surface area contributed by atoms with E-state index in [2.05, 4.69) is 60.0 Å². The molecule has 2 heterocycles. The molecule has 0 unspecified atom stereocenters. The van der Waals surface area contributed by atoms with Crippen molar-refractivity contribution in [2.75, 3.05) is 6.79 Å². The van der Waals surface area contributed by atoms with E-state index in [1.165, 1.54) is 22.5 Å². The molecule has 110 valence electrons. The van der Waals surface area contributed by atoms with Crippen LogP contribution in [0.5, 0.6) is 11.5 Å². The second kappa shape index (κ2) is 5.26. The van der Waals surface area contributed by atoms with Gasteiger partial charge in [0.05, 0.1) is 0 Å². The second-order valence-corrected chi connectivity index (χ2v) is 5.50. The van der Waals surface area contributed by atoms with Gasteiger partial charge in [0.1, 0.15) is 0 Å². The Morgan fingerprint density at radius 2 is 1.73 bits per heavy atom. The Bertz CT molecular complexity index is 806. The van der Waals surface area contributed by atoms with Crippen LogP contribution in [0, 0.1) is 6.92 Å². The molecule has 2 aromatic carbocycles. The fourth-order valence-corrected chi connectivity index (χ4v) is 2.86. The summed E-state index contributed by atoms with van der Waals surface area (Å²) >= 11 is 0. The molecule has 3 nitrogen and oxygen atoms in total. The molecule has 4 rings (SSSR count). The number of ether oxygens (including phenoxy) is 2. The molecule has 0 saturated carbocycles. The van der Waals surface area contributed by atoms with Crippen LogP contribution in [0.4, 0.5) is 0 Å². The van der Waals surface area contributed by atoms with E-state index in [0.717, 1.165) is 18.0 Å². The summed E-state index contributed by atoms with van der Waals surface area (Å²) < 4.78 is 13.2. The molecule has 0 N–H and O–H groups in total. The van der Waals surface area contributed by atoms with Crippen LogP contribution in [0.3, 0.4) is 0 Å². The van der Waals surface area contributed by atoms with Crippen LogP contribution in [0.15, 0.2) is 60.7 Å². The molecule has 0 aliphatic carbocycles. The Labute approximate surface area is 129 Å². The predicted molar refractivity (Wildman–Crippen MR) is 86.3 cm³/mol. The molecule has 3 aromatic rings. The summed E-state index contributed by atoms with van der Waals surface area (Å²) in [5.74, 6) is 1.67. The van der Waals surface area contributed by atoms with Gasteiger partial charge in [-0.15, -0.1) is 0 Å². The van der Waals surface area contributed by atoms with Crippen molar-refractivity contribution < 1.29 is 9.47 Å². The lowest BCUT2D eigenvalue weighted by Crippen LogP contribution is -2.03. The van der Waals surface area contributed by atoms with Crippen molar-refractivity contribution in [3.8, 4) is 22.8 Å². The first-order valence-electron chi connectivity index (χ1n) is 7.41. The number of hydrogen-bond donors (Lipinski definition) is 0. The molecular formula is C19H17NO2. The summed E-state index contributed by atoms with van der Waals surface area (Å²) in [5.41, 5.74) is 4.92. The van der Waals surface area contributed by atoms with Gasteiger partial charge in [-0.2, -0.15) is 0 Å². The van der Waals surface area contributed by atoms with Crippen molar-refractivity contribution in [2.45, 2.75) is 13.5 Å². The first-order valence-corrected chi connectivity index (χ1v) is 7.41. The molecule has 0 atom stereocenters. The maximum atomic E-state index is 5.47. The summed E-state index contributed by atoms with van der Waals surface area (Å²) in [4.78, 5) is 0. The van der Waals surface area contributed by atoms with Gasteiger partial charge in [0.15, 0.2) is 11.5 Å². The normalized spacial score (nSPS) is 12.6. The van der Waals surface area contributed by atoms with Gasteiger partial charge >= 0.3 is 0 Å². The molecule has 0 radical (unpaired) electrons. The summed E-state index contributed by atoms with van der Waals surface area (Å²) in [5, 5.41) is 0. The molecule has 0 spiro atoms. The minimum absolute atomic E-state index is 0.316.